The first-order chi connectivity index (χ1) is 24.3. The van der Waals surface area contributed by atoms with Crippen molar-refractivity contribution in [2.45, 2.75) is 19.3 Å². The lowest BCUT2D eigenvalue weighted by molar-refractivity contribution is 0.683. The number of anilines is 2. The van der Waals surface area contributed by atoms with Gasteiger partial charge in [0, 0.05) is 22.5 Å². The van der Waals surface area contributed by atoms with Crippen molar-refractivity contribution in [2.75, 3.05) is 4.90 Å². The lowest BCUT2D eigenvalue weighted by Crippen LogP contribution is -2.14. The van der Waals surface area contributed by atoms with Gasteiger partial charge in [-0.05, 0) is 97.3 Å². The lowest BCUT2D eigenvalue weighted by Gasteiger charge is -2.27. The first-order valence-electron chi connectivity index (χ1n) is 17.1. The fourth-order valence-electron chi connectivity index (χ4n) is 6.97. The van der Waals surface area contributed by atoms with E-state index < -0.39 is 0 Å². The van der Waals surface area contributed by atoms with Crippen LogP contribution in [0.3, 0.4) is 0 Å². The van der Waals surface area contributed by atoms with Crippen LogP contribution in [0.5, 0.6) is 0 Å². The van der Waals surface area contributed by atoms with Crippen molar-refractivity contribution in [2.24, 2.45) is 0 Å². The molecule has 0 saturated heterocycles. The molecule has 0 aliphatic heterocycles. The van der Waals surface area contributed by atoms with E-state index in [2.05, 4.69) is 190 Å². The summed E-state index contributed by atoms with van der Waals surface area (Å²) < 4.78 is 0. The number of fused-ring (bicyclic) bond motifs is 2. The smallest absolute Gasteiger partial charge is 0.0467 e. The van der Waals surface area contributed by atoms with Gasteiger partial charge >= 0.3 is 0 Å². The average Bonchev–Trinajstić information content (AvgIpc) is 3.42. The van der Waals surface area contributed by atoms with Gasteiger partial charge in [0.25, 0.3) is 0 Å². The molecular formula is C49H41N. The van der Waals surface area contributed by atoms with Crippen LogP contribution >= 0.6 is 0 Å². The minimum atomic E-state index is -0.0304. The zero-order valence-electron chi connectivity index (χ0n) is 28.8. The van der Waals surface area contributed by atoms with Gasteiger partial charge in [0.15, 0.2) is 0 Å². The van der Waals surface area contributed by atoms with E-state index in [4.69, 9.17) is 0 Å². The van der Waals surface area contributed by atoms with Gasteiger partial charge in [-0.25, -0.2) is 0 Å². The van der Waals surface area contributed by atoms with Crippen molar-refractivity contribution >= 4 is 33.3 Å². The van der Waals surface area contributed by atoms with Crippen molar-refractivity contribution in [3.8, 4) is 22.3 Å². The van der Waals surface area contributed by atoms with Crippen molar-refractivity contribution in [3.63, 3.8) is 0 Å². The van der Waals surface area contributed by atoms with Crippen LogP contribution in [0.2, 0.25) is 0 Å². The summed E-state index contributed by atoms with van der Waals surface area (Å²) in [6, 6.07) is 49.6. The lowest BCUT2D eigenvalue weighted by atomic mass is 9.87. The van der Waals surface area contributed by atoms with Crippen LogP contribution in [0.15, 0.2) is 201 Å². The highest BCUT2D eigenvalue weighted by atomic mass is 15.1. The fourth-order valence-corrected chi connectivity index (χ4v) is 6.97. The first kappa shape index (κ1) is 32.4. The predicted octanol–water partition coefficient (Wildman–Crippen LogP) is 13.5. The number of rotatable bonds is 10. The monoisotopic (exact) mass is 643 g/mol. The van der Waals surface area contributed by atoms with Crippen molar-refractivity contribution < 1.29 is 0 Å². The molecule has 242 valence electrons. The van der Waals surface area contributed by atoms with Gasteiger partial charge in [0.1, 0.15) is 0 Å². The second-order valence-corrected chi connectivity index (χ2v) is 13.4. The maximum absolute atomic E-state index is 4.64. The van der Waals surface area contributed by atoms with E-state index >= 15 is 0 Å². The molecule has 50 heavy (non-hydrogen) atoms. The van der Waals surface area contributed by atoms with E-state index in [1.54, 1.807) is 6.08 Å². The van der Waals surface area contributed by atoms with E-state index in [-0.39, 0.29) is 5.41 Å². The first-order valence-corrected chi connectivity index (χ1v) is 17.1. The van der Waals surface area contributed by atoms with Crippen molar-refractivity contribution in [1.29, 1.82) is 0 Å². The summed E-state index contributed by atoms with van der Waals surface area (Å²) >= 11 is 0. The molecule has 0 fully saturated rings. The number of nitrogens with zero attached hydrogens (tertiary/aromatic N) is 1. The summed E-state index contributed by atoms with van der Waals surface area (Å²) in [5.74, 6) is 0. The Bertz CT molecular complexity index is 2330. The third-order valence-corrected chi connectivity index (χ3v) is 9.52. The molecule has 0 amide bonds. The summed E-state index contributed by atoms with van der Waals surface area (Å²) in [5, 5.41) is 2.42. The van der Waals surface area contributed by atoms with Crippen molar-refractivity contribution in [3.05, 3.63) is 218 Å². The minimum absolute atomic E-state index is 0.0304. The Balaban J connectivity index is 1.33. The molecule has 6 aromatic rings. The van der Waals surface area contributed by atoms with Gasteiger partial charge in [0.2, 0.25) is 0 Å². The molecule has 0 aromatic heterocycles. The summed E-state index contributed by atoms with van der Waals surface area (Å²) in [5.41, 5.74) is 13.3. The molecule has 0 saturated carbocycles. The van der Waals surface area contributed by atoms with Crippen molar-refractivity contribution in [1.82, 2.24) is 0 Å². The Kier molecular flexibility index (Phi) is 8.90. The quantitative estimate of drug-likeness (QED) is 0.134. The second-order valence-electron chi connectivity index (χ2n) is 13.4. The molecule has 1 heteroatoms. The van der Waals surface area contributed by atoms with Crippen LogP contribution in [0, 0.1) is 0 Å². The second kappa shape index (κ2) is 13.7. The fraction of sp³-hybridized carbons (Fsp3) is 0.0612. The Morgan fingerprint density at radius 1 is 0.600 bits per heavy atom. The molecular weight excluding hydrogens is 603 g/mol. The summed E-state index contributed by atoms with van der Waals surface area (Å²) in [6.07, 6.45) is 12.4. The Hall–Kier alpha value is -6.18. The Morgan fingerprint density at radius 2 is 1.26 bits per heavy atom. The Morgan fingerprint density at radius 3 is 2.04 bits per heavy atom. The average molecular weight is 644 g/mol. The molecule has 0 heterocycles. The third-order valence-electron chi connectivity index (χ3n) is 9.52. The van der Waals surface area contributed by atoms with E-state index in [0.717, 1.165) is 39.3 Å². The number of hydrogen-bond acceptors (Lipinski definition) is 1. The van der Waals surface area contributed by atoms with Crippen LogP contribution < -0.4 is 4.90 Å². The maximum atomic E-state index is 4.64. The molecule has 0 radical (unpaired) electrons. The number of benzene rings is 6. The molecule has 0 atom stereocenters. The highest BCUT2D eigenvalue weighted by Gasteiger charge is 2.28. The van der Waals surface area contributed by atoms with Crippen LogP contribution in [-0.2, 0) is 5.41 Å². The van der Waals surface area contributed by atoms with Gasteiger partial charge < -0.3 is 4.90 Å². The SMILES string of the molecule is C=C/C=C\C(=C)c1cc(N(C(=C)/C=C\C2=CC(C)(C)c3ccccc32)c2ccc(-c3ccccc3)cc2)ccc1-c1ccc2ccccc2c1. The van der Waals surface area contributed by atoms with E-state index in [1.807, 2.05) is 18.2 Å². The van der Waals surface area contributed by atoms with Gasteiger partial charge in [-0.3, -0.25) is 0 Å². The highest BCUT2D eigenvalue weighted by molar-refractivity contribution is 5.93. The maximum Gasteiger partial charge on any atom is 0.0467 e. The molecule has 0 spiro atoms. The van der Waals surface area contributed by atoms with Gasteiger partial charge in [-0.15, -0.1) is 0 Å². The molecule has 0 N–H and O–H groups in total. The van der Waals surface area contributed by atoms with E-state index in [0.29, 0.717) is 0 Å². The zero-order valence-corrected chi connectivity index (χ0v) is 28.8. The van der Waals surface area contributed by atoms with Crippen LogP contribution in [0.25, 0.3) is 44.2 Å². The van der Waals surface area contributed by atoms with Crippen LogP contribution in [-0.4, -0.2) is 0 Å². The van der Waals surface area contributed by atoms with Gasteiger partial charge in [-0.2, -0.15) is 0 Å². The van der Waals surface area contributed by atoms with E-state index in [1.165, 1.54) is 38.6 Å². The standard InChI is InChI=1S/C49H41N/c1-6-7-15-35(2)47-33-44(30-31-45(47)41-25-24-38-18-11-12-19-40(38)32-41)50(43-28-26-39(27-29-43)37-16-9-8-10-17-37)36(3)22-23-42-34-49(4,5)48-21-14-13-20-46(42)48/h6-34H,1-3H2,4-5H3/b15-7-,23-22-. The summed E-state index contributed by atoms with van der Waals surface area (Å²) in [6.45, 7) is 17.6. The molecule has 0 bridgehead atoms. The largest absolute Gasteiger partial charge is 0.311 e. The van der Waals surface area contributed by atoms with Gasteiger partial charge in [0.05, 0.1) is 0 Å². The van der Waals surface area contributed by atoms with E-state index in [9.17, 15) is 0 Å². The normalized spacial score (nSPS) is 13.4. The van der Waals surface area contributed by atoms with Gasteiger partial charge in [-0.1, -0.05) is 173 Å². The van der Waals surface area contributed by atoms with Crippen LogP contribution in [0.4, 0.5) is 11.4 Å². The topological polar surface area (TPSA) is 3.24 Å². The predicted molar refractivity (Wildman–Crippen MR) is 217 cm³/mol. The minimum Gasteiger partial charge on any atom is -0.311 e. The Labute approximate surface area is 296 Å². The molecule has 1 nitrogen and oxygen atoms in total. The van der Waals surface area contributed by atoms with Crippen LogP contribution in [0.1, 0.15) is 30.5 Å². The molecule has 0 unspecified atom stereocenters. The molecule has 6 aromatic carbocycles. The summed E-state index contributed by atoms with van der Waals surface area (Å²) in [4.78, 5) is 2.23. The molecule has 1 aliphatic rings. The molecule has 1 aliphatic carbocycles. The highest BCUT2D eigenvalue weighted by Crippen LogP contribution is 2.42. The third kappa shape index (κ3) is 6.46. The molecule has 7 rings (SSSR count). The number of allylic oxidation sites excluding steroid dienone is 8. The zero-order chi connectivity index (χ0) is 34.7. The number of hydrogen-bond donors (Lipinski definition) is 0. The summed E-state index contributed by atoms with van der Waals surface area (Å²) in [7, 11) is 0.